The van der Waals surface area contributed by atoms with Crippen molar-refractivity contribution in [3.63, 3.8) is 0 Å². The quantitative estimate of drug-likeness (QED) is 0.570. The topological polar surface area (TPSA) is 67.5 Å². The molecule has 1 fully saturated rings. The van der Waals surface area contributed by atoms with Crippen LogP contribution in [-0.4, -0.2) is 41.5 Å². The van der Waals surface area contributed by atoms with Crippen LogP contribution in [0.4, 0.5) is 4.39 Å². The number of carbonyl (C=O) groups is 1. The van der Waals surface area contributed by atoms with E-state index < -0.39 is 0 Å². The van der Waals surface area contributed by atoms with Gasteiger partial charge < -0.3 is 19.4 Å². The Morgan fingerprint density at radius 3 is 2.78 bits per heavy atom. The maximum absolute atomic E-state index is 13.6. The average molecular weight is 438 g/mol. The van der Waals surface area contributed by atoms with Gasteiger partial charge in [0.05, 0.1) is 32.2 Å². The summed E-state index contributed by atoms with van der Waals surface area (Å²) in [5.74, 6) is 1.90. The van der Waals surface area contributed by atoms with Gasteiger partial charge in [-0.3, -0.25) is 4.79 Å². The first-order valence-electron chi connectivity index (χ1n) is 10.9. The highest BCUT2D eigenvalue weighted by atomic mass is 19.1. The van der Waals surface area contributed by atoms with Crippen LogP contribution in [-0.2, 0) is 11.2 Å². The molecule has 0 saturated carbocycles. The molecule has 1 aromatic heterocycles. The van der Waals surface area contributed by atoms with Gasteiger partial charge in [0.15, 0.2) is 11.5 Å². The summed E-state index contributed by atoms with van der Waals surface area (Å²) in [6.45, 7) is 0.714. The minimum absolute atomic E-state index is 0.0936. The molecule has 1 atom stereocenters. The number of rotatable bonds is 7. The molecular formula is C25H28FN3O3. The van der Waals surface area contributed by atoms with Gasteiger partial charge in [0, 0.05) is 18.5 Å². The molecule has 7 heteroatoms. The number of hydrogen-bond acceptors (Lipinski definition) is 4. The highest BCUT2D eigenvalue weighted by Gasteiger charge is 2.29. The zero-order chi connectivity index (χ0) is 22.5. The van der Waals surface area contributed by atoms with Crippen LogP contribution < -0.4 is 9.47 Å². The summed E-state index contributed by atoms with van der Waals surface area (Å²) in [4.78, 5) is 22.9. The molecule has 6 nitrogen and oxygen atoms in total. The number of benzene rings is 2. The van der Waals surface area contributed by atoms with Crippen molar-refractivity contribution < 1.29 is 18.7 Å². The summed E-state index contributed by atoms with van der Waals surface area (Å²) in [5.41, 5.74) is 2.52. The number of piperidine rings is 1. The van der Waals surface area contributed by atoms with E-state index in [-0.39, 0.29) is 17.8 Å². The fourth-order valence-corrected chi connectivity index (χ4v) is 4.25. The third kappa shape index (κ3) is 4.77. The number of nitrogens with one attached hydrogen (secondary N) is 1. The van der Waals surface area contributed by atoms with Crippen molar-refractivity contribution >= 4 is 5.91 Å². The lowest BCUT2D eigenvalue weighted by atomic mass is 10.00. The Labute approximate surface area is 187 Å². The standard InChI is InChI=1S/C25H28FN3O3/c1-31-22-11-9-17(14-23(22)32-2)10-12-24(30)29-13-4-3-8-21(29)25-27-16-20(28-25)18-6-5-7-19(26)15-18/h5-7,9,11,14-16,21H,3-4,8,10,12-13H2,1-2H3,(H,27,28)/t21-/m1/s1. The molecule has 1 aliphatic heterocycles. The van der Waals surface area contributed by atoms with Crippen LogP contribution in [0.25, 0.3) is 11.3 Å². The van der Waals surface area contributed by atoms with Gasteiger partial charge in [0.25, 0.3) is 0 Å². The Morgan fingerprint density at radius 2 is 2.00 bits per heavy atom. The van der Waals surface area contributed by atoms with Crippen LogP contribution in [0.15, 0.2) is 48.7 Å². The Hall–Kier alpha value is -3.35. The predicted octanol–water partition coefficient (Wildman–Crippen LogP) is 4.92. The lowest BCUT2D eigenvalue weighted by Crippen LogP contribution is -2.39. The number of carbonyl (C=O) groups excluding carboxylic acids is 1. The molecule has 3 aromatic rings. The third-order valence-corrected chi connectivity index (χ3v) is 5.95. The van der Waals surface area contributed by atoms with Crippen molar-refractivity contribution in [1.82, 2.24) is 14.9 Å². The molecule has 2 heterocycles. The normalized spacial score (nSPS) is 16.1. The molecule has 168 valence electrons. The minimum Gasteiger partial charge on any atom is -0.493 e. The molecule has 0 aliphatic carbocycles. The Kier molecular flexibility index (Phi) is 6.73. The summed E-state index contributed by atoms with van der Waals surface area (Å²) >= 11 is 0. The molecule has 0 bridgehead atoms. The Bertz CT molecular complexity index is 1080. The first-order valence-corrected chi connectivity index (χ1v) is 10.9. The number of nitrogens with zero attached hydrogens (tertiary/aromatic N) is 2. The van der Waals surface area contributed by atoms with E-state index in [0.717, 1.165) is 41.9 Å². The number of methoxy groups -OCH3 is 2. The van der Waals surface area contributed by atoms with Crippen molar-refractivity contribution in [2.75, 3.05) is 20.8 Å². The Morgan fingerprint density at radius 1 is 1.16 bits per heavy atom. The summed E-state index contributed by atoms with van der Waals surface area (Å²) in [6, 6.07) is 12.1. The smallest absolute Gasteiger partial charge is 0.223 e. The van der Waals surface area contributed by atoms with E-state index >= 15 is 0 Å². The van der Waals surface area contributed by atoms with Crippen LogP contribution in [0.3, 0.4) is 0 Å². The summed E-state index contributed by atoms with van der Waals surface area (Å²) < 4.78 is 24.2. The van der Waals surface area contributed by atoms with Gasteiger partial charge in [-0.05, 0) is 55.5 Å². The van der Waals surface area contributed by atoms with E-state index in [1.54, 1.807) is 26.5 Å². The first kappa shape index (κ1) is 21.9. The van der Waals surface area contributed by atoms with Gasteiger partial charge in [-0.1, -0.05) is 18.2 Å². The number of aromatic nitrogens is 2. The molecule has 0 radical (unpaired) electrons. The molecule has 1 N–H and O–H groups in total. The van der Waals surface area contributed by atoms with Gasteiger partial charge in [-0.2, -0.15) is 0 Å². The summed E-state index contributed by atoms with van der Waals surface area (Å²) in [6.07, 6.45) is 5.62. The predicted molar refractivity (Wildman–Crippen MR) is 120 cm³/mol. The van der Waals surface area contributed by atoms with E-state index in [4.69, 9.17) is 9.47 Å². The van der Waals surface area contributed by atoms with E-state index in [1.165, 1.54) is 12.1 Å². The number of H-pyrrole nitrogens is 1. The molecule has 1 amide bonds. The van der Waals surface area contributed by atoms with Crippen molar-refractivity contribution in [1.29, 1.82) is 0 Å². The van der Waals surface area contributed by atoms with E-state index in [2.05, 4.69) is 9.97 Å². The second-order valence-corrected chi connectivity index (χ2v) is 7.98. The molecule has 2 aromatic carbocycles. The van der Waals surface area contributed by atoms with Crippen molar-refractivity contribution in [2.24, 2.45) is 0 Å². The average Bonchev–Trinajstić information content (AvgIpc) is 3.32. The number of likely N-dealkylation sites (tertiary alicyclic amines) is 1. The van der Waals surface area contributed by atoms with Gasteiger partial charge in [0.2, 0.25) is 5.91 Å². The third-order valence-electron chi connectivity index (χ3n) is 5.95. The minimum atomic E-state index is -0.289. The van der Waals surface area contributed by atoms with Crippen LogP contribution in [0.5, 0.6) is 11.5 Å². The largest absolute Gasteiger partial charge is 0.493 e. The van der Waals surface area contributed by atoms with Crippen LogP contribution >= 0.6 is 0 Å². The molecule has 0 spiro atoms. The number of imidazole rings is 1. The van der Waals surface area contributed by atoms with Crippen LogP contribution in [0, 0.1) is 5.82 Å². The zero-order valence-electron chi connectivity index (χ0n) is 18.4. The lowest BCUT2D eigenvalue weighted by molar-refractivity contribution is -0.135. The molecular weight excluding hydrogens is 409 g/mol. The monoisotopic (exact) mass is 437 g/mol. The summed E-state index contributed by atoms with van der Waals surface area (Å²) in [5, 5.41) is 0. The first-order chi connectivity index (χ1) is 15.6. The van der Waals surface area contributed by atoms with E-state index in [9.17, 15) is 9.18 Å². The van der Waals surface area contributed by atoms with E-state index in [1.807, 2.05) is 29.2 Å². The molecule has 1 saturated heterocycles. The summed E-state index contributed by atoms with van der Waals surface area (Å²) in [7, 11) is 3.21. The number of aromatic amines is 1. The van der Waals surface area contributed by atoms with Gasteiger partial charge in [0.1, 0.15) is 11.6 Å². The van der Waals surface area contributed by atoms with Gasteiger partial charge >= 0.3 is 0 Å². The number of halogens is 1. The second-order valence-electron chi connectivity index (χ2n) is 7.98. The van der Waals surface area contributed by atoms with Crippen molar-refractivity contribution in [3.8, 4) is 22.8 Å². The maximum atomic E-state index is 13.6. The van der Waals surface area contributed by atoms with E-state index in [0.29, 0.717) is 30.9 Å². The van der Waals surface area contributed by atoms with Gasteiger partial charge in [-0.15, -0.1) is 0 Å². The highest BCUT2D eigenvalue weighted by molar-refractivity contribution is 5.77. The fourth-order valence-electron chi connectivity index (χ4n) is 4.25. The molecule has 4 rings (SSSR count). The molecule has 32 heavy (non-hydrogen) atoms. The highest BCUT2D eigenvalue weighted by Crippen LogP contribution is 2.32. The van der Waals surface area contributed by atoms with Crippen LogP contribution in [0.1, 0.15) is 43.1 Å². The zero-order valence-corrected chi connectivity index (χ0v) is 18.4. The number of hydrogen-bond donors (Lipinski definition) is 1. The SMILES string of the molecule is COc1ccc(CCC(=O)N2CCCC[C@@H]2c2ncc(-c3cccc(F)c3)[nH]2)cc1OC. The fraction of sp³-hybridized carbons (Fsp3) is 0.360. The van der Waals surface area contributed by atoms with Gasteiger partial charge in [-0.25, -0.2) is 9.37 Å². The van der Waals surface area contributed by atoms with Crippen molar-refractivity contribution in [3.05, 3.63) is 65.9 Å². The molecule has 1 aliphatic rings. The lowest BCUT2D eigenvalue weighted by Gasteiger charge is -2.34. The maximum Gasteiger partial charge on any atom is 0.223 e. The van der Waals surface area contributed by atoms with Crippen molar-refractivity contribution in [2.45, 2.75) is 38.1 Å². The number of ether oxygens (including phenoxy) is 2. The Balaban J connectivity index is 1.46. The number of aryl methyl sites for hydroxylation is 1. The van der Waals surface area contributed by atoms with Crippen LogP contribution in [0.2, 0.25) is 0 Å². The second kappa shape index (κ2) is 9.85. The molecule has 0 unspecified atom stereocenters. The number of amides is 1.